The van der Waals surface area contributed by atoms with Gasteiger partial charge in [0, 0.05) is 12.7 Å². The fourth-order valence-electron chi connectivity index (χ4n) is 1.25. The second-order valence-electron chi connectivity index (χ2n) is 5.22. The SMILES string of the molecule is CC(C)C(C)(C)CNc1cnccc1C(=O)O. The second-order valence-corrected chi connectivity index (χ2v) is 5.22. The van der Waals surface area contributed by atoms with E-state index in [0.29, 0.717) is 11.6 Å². The highest BCUT2D eigenvalue weighted by Crippen LogP contribution is 2.26. The Bertz CT molecular complexity index is 400. The van der Waals surface area contributed by atoms with Crippen LogP contribution in [0.2, 0.25) is 0 Å². The third-order valence-electron chi connectivity index (χ3n) is 3.35. The van der Waals surface area contributed by atoms with Gasteiger partial charge in [0.15, 0.2) is 0 Å². The molecule has 0 aliphatic rings. The van der Waals surface area contributed by atoms with Crippen LogP contribution in [0.1, 0.15) is 38.1 Å². The van der Waals surface area contributed by atoms with Crippen LogP contribution >= 0.6 is 0 Å². The van der Waals surface area contributed by atoms with Crippen molar-refractivity contribution in [1.29, 1.82) is 0 Å². The Labute approximate surface area is 102 Å². The summed E-state index contributed by atoms with van der Waals surface area (Å²) in [5.41, 5.74) is 0.944. The van der Waals surface area contributed by atoms with Gasteiger partial charge in [0.1, 0.15) is 0 Å². The monoisotopic (exact) mass is 236 g/mol. The normalized spacial score (nSPS) is 11.6. The summed E-state index contributed by atoms with van der Waals surface area (Å²) in [7, 11) is 0. The number of nitrogens with one attached hydrogen (secondary N) is 1. The summed E-state index contributed by atoms with van der Waals surface area (Å²) in [5, 5.41) is 12.2. The van der Waals surface area contributed by atoms with Crippen molar-refractivity contribution < 1.29 is 9.90 Å². The highest BCUT2D eigenvalue weighted by atomic mass is 16.4. The summed E-state index contributed by atoms with van der Waals surface area (Å²) in [4.78, 5) is 15.0. The van der Waals surface area contributed by atoms with Crippen molar-refractivity contribution in [3.63, 3.8) is 0 Å². The third kappa shape index (κ3) is 3.44. The van der Waals surface area contributed by atoms with Gasteiger partial charge >= 0.3 is 5.97 Å². The van der Waals surface area contributed by atoms with Crippen molar-refractivity contribution >= 4 is 11.7 Å². The van der Waals surface area contributed by atoms with Gasteiger partial charge in [0.2, 0.25) is 0 Å². The van der Waals surface area contributed by atoms with E-state index in [4.69, 9.17) is 5.11 Å². The lowest BCUT2D eigenvalue weighted by atomic mass is 9.81. The van der Waals surface area contributed by atoms with Gasteiger partial charge in [-0.25, -0.2) is 4.79 Å². The molecular weight excluding hydrogens is 216 g/mol. The molecule has 0 unspecified atom stereocenters. The number of aromatic carboxylic acids is 1. The molecule has 1 aromatic rings. The molecule has 0 aliphatic heterocycles. The molecule has 0 fully saturated rings. The lowest BCUT2D eigenvalue weighted by Crippen LogP contribution is -2.29. The van der Waals surface area contributed by atoms with Crippen LogP contribution in [-0.4, -0.2) is 22.6 Å². The number of rotatable bonds is 5. The largest absolute Gasteiger partial charge is 0.478 e. The van der Waals surface area contributed by atoms with Crippen LogP contribution in [0.5, 0.6) is 0 Å². The average Bonchev–Trinajstić information content (AvgIpc) is 2.26. The molecule has 17 heavy (non-hydrogen) atoms. The van der Waals surface area contributed by atoms with E-state index in [9.17, 15) is 4.79 Å². The maximum Gasteiger partial charge on any atom is 0.337 e. The van der Waals surface area contributed by atoms with Crippen LogP contribution in [0.4, 0.5) is 5.69 Å². The molecule has 0 bridgehead atoms. The molecule has 0 atom stereocenters. The first-order valence-corrected chi connectivity index (χ1v) is 5.76. The maximum absolute atomic E-state index is 11.0. The minimum Gasteiger partial charge on any atom is -0.478 e. The van der Waals surface area contributed by atoms with Gasteiger partial charge < -0.3 is 10.4 Å². The predicted octanol–water partition coefficient (Wildman–Crippen LogP) is 2.87. The Hall–Kier alpha value is -1.58. The molecule has 0 saturated carbocycles. The van der Waals surface area contributed by atoms with Crippen LogP contribution in [0.3, 0.4) is 0 Å². The van der Waals surface area contributed by atoms with Gasteiger partial charge in [-0.05, 0) is 17.4 Å². The molecule has 0 saturated heterocycles. The minimum atomic E-state index is -0.933. The Morgan fingerprint density at radius 3 is 2.71 bits per heavy atom. The van der Waals surface area contributed by atoms with E-state index < -0.39 is 5.97 Å². The molecule has 4 heteroatoms. The van der Waals surface area contributed by atoms with Crippen molar-refractivity contribution in [3.8, 4) is 0 Å². The highest BCUT2D eigenvalue weighted by molar-refractivity contribution is 5.93. The summed E-state index contributed by atoms with van der Waals surface area (Å²) in [6.07, 6.45) is 3.04. The van der Waals surface area contributed by atoms with E-state index in [1.165, 1.54) is 12.3 Å². The summed E-state index contributed by atoms with van der Waals surface area (Å²) >= 11 is 0. The summed E-state index contributed by atoms with van der Waals surface area (Å²) in [5.74, 6) is -0.419. The fraction of sp³-hybridized carbons (Fsp3) is 0.538. The third-order valence-corrected chi connectivity index (χ3v) is 3.35. The van der Waals surface area contributed by atoms with Crippen LogP contribution in [0.25, 0.3) is 0 Å². The molecule has 0 spiro atoms. The molecule has 4 nitrogen and oxygen atoms in total. The Kier molecular flexibility index (Phi) is 4.10. The summed E-state index contributed by atoms with van der Waals surface area (Å²) in [6.45, 7) is 9.34. The molecule has 0 aliphatic carbocycles. The van der Waals surface area contributed by atoms with E-state index in [-0.39, 0.29) is 11.0 Å². The number of carboxylic acid groups (broad SMARTS) is 1. The Balaban J connectivity index is 2.79. The van der Waals surface area contributed by atoms with Gasteiger partial charge in [0.05, 0.1) is 17.4 Å². The first-order valence-electron chi connectivity index (χ1n) is 5.76. The molecule has 2 N–H and O–H groups in total. The topological polar surface area (TPSA) is 62.2 Å². The highest BCUT2D eigenvalue weighted by Gasteiger charge is 2.22. The predicted molar refractivity (Wildman–Crippen MR) is 68.3 cm³/mol. The van der Waals surface area contributed by atoms with Crippen molar-refractivity contribution in [2.75, 3.05) is 11.9 Å². The van der Waals surface area contributed by atoms with Gasteiger partial charge in [0.25, 0.3) is 0 Å². The molecule has 0 aromatic carbocycles. The van der Waals surface area contributed by atoms with Crippen molar-refractivity contribution in [2.45, 2.75) is 27.7 Å². The molecule has 1 aromatic heterocycles. The van der Waals surface area contributed by atoms with Gasteiger partial charge in [-0.15, -0.1) is 0 Å². The number of carbonyl (C=O) groups is 1. The van der Waals surface area contributed by atoms with Crippen molar-refractivity contribution in [3.05, 3.63) is 24.0 Å². The lowest BCUT2D eigenvalue weighted by Gasteiger charge is -2.30. The number of nitrogens with zero attached hydrogens (tertiary/aromatic N) is 1. The van der Waals surface area contributed by atoms with E-state index in [0.717, 1.165) is 6.54 Å². The van der Waals surface area contributed by atoms with Gasteiger partial charge in [-0.2, -0.15) is 0 Å². The van der Waals surface area contributed by atoms with Crippen LogP contribution < -0.4 is 5.32 Å². The summed E-state index contributed by atoms with van der Waals surface area (Å²) in [6, 6.07) is 1.51. The van der Waals surface area contributed by atoms with Crippen molar-refractivity contribution in [2.24, 2.45) is 11.3 Å². The lowest BCUT2D eigenvalue weighted by molar-refractivity contribution is 0.0697. The number of carboxylic acids is 1. The summed E-state index contributed by atoms with van der Waals surface area (Å²) < 4.78 is 0. The smallest absolute Gasteiger partial charge is 0.337 e. The van der Waals surface area contributed by atoms with Gasteiger partial charge in [-0.1, -0.05) is 27.7 Å². The van der Waals surface area contributed by atoms with E-state index in [1.807, 2.05) is 0 Å². The molecule has 1 heterocycles. The molecule has 0 radical (unpaired) electrons. The molecule has 94 valence electrons. The molecule has 0 amide bonds. The van der Waals surface area contributed by atoms with E-state index >= 15 is 0 Å². The quantitative estimate of drug-likeness (QED) is 0.825. The standard InChI is InChI=1S/C13H20N2O2/c1-9(2)13(3,4)8-15-11-7-14-6-5-10(11)12(16)17/h5-7,9,15H,8H2,1-4H3,(H,16,17). The van der Waals surface area contributed by atoms with Crippen LogP contribution in [0.15, 0.2) is 18.5 Å². The fourth-order valence-corrected chi connectivity index (χ4v) is 1.25. The Morgan fingerprint density at radius 1 is 1.53 bits per heavy atom. The average molecular weight is 236 g/mol. The molecule has 1 rings (SSSR count). The van der Waals surface area contributed by atoms with Gasteiger partial charge in [-0.3, -0.25) is 4.98 Å². The Morgan fingerprint density at radius 2 is 2.18 bits per heavy atom. The number of hydrogen-bond donors (Lipinski definition) is 2. The first-order chi connectivity index (χ1) is 7.84. The molecular formula is C13H20N2O2. The van der Waals surface area contributed by atoms with E-state index in [1.54, 1.807) is 6.20 Å². The van der Waals surface area contributed by atoms with Crippen LogP contribution in [-0.2, 0) is 0 Å². The first kappa shape index (κ1) is 13.5. The van der Waals surface area contributed by atoms with Crippen molar-refractivity contribution in [1.82, 2.24) is 4.98 Å². The number of anilines is 1. The zero-order chi connectivity index (χ0) is 13.1. The number of hydrogen-bond acceptors (Lipinski definition) is 3. The number of aromatic nitrogens is 1. The zero-order valence-corrected chi connectivity index (χ0v) is 10.8. The zero-order valence-electron chi connectivity index (χ0n) is 10.8. The second kappa shape index (κ2) is 5.17. The minimum absolute atomic E-state index is 0.103. The number of pyridine rings is 1. The van der Waals surface area contributed by atoms with Crippen LogP contribution in [0, 0.1) is 11.3 Å². The maximum atomic E-state index is 11.0. The van der Waals surface area contributed by atoms with E-state index in [2.05, 4.69) is 38.0 Å².